The summed E-state index contributed by atoms with van der Waals surface area (Å²) in [5, 5.41) is 0. The molecule has 0 N–H and O–H groups in total. The van der Waals surface area contributed by atoms with Crippen molar-refractivity contribution < 1.29 is 0 Å². The molecule has 20 heavy (non-hydrogen) atoms. The molecule has 0 spiro atoms. The first-order chi connectivity index (χ1) is 9.27. The van der Waals surface area contributed by atoms with Crippen molar-refractivity contribution in [2.75, 3.05) is 20.1 Å². The van der Waals surface area contributed by atoms with Gasteiger partial charge in [-0.05, 0) is 52.8 Å². The average molecular weight is 275 g/mol. The average Bonchev–Trinajstić information content (AvgIpc) is 2.34. The molecule has 0 bridgehead atoms. The first-order valence-corrected chi connectivity index (χ1v) is 7.66. The van der Waals surface area contributed by atoms with E-state index >= 15 is 0 Å². The van der Waals surface area contributed by atoms with Gasteiger partial charge < -0.3 is 4.90 Å². The molecule has 0 aromatic carbocycles. The van der Waals surface area contributed by atoms with Crippen molar-refractivity contribution in [2.24, 2.45) is 5.92 Å². The number of allylic oxidation sites excluding steroid dienone is 7. The highest BCUT2D eigenvalue weighted by Gasteiger charge is 2.01. The van der Waals surface area contributed by atoms with E-state index in [2.05, 4.69) is 84.7 Å². The first kappa shape index (κ1) is 18.9. The molecule has 114 valence electrons. The Morgan fingerprint density at radius 3 is 2.15 bits per heavy atom. The van der Waals surface area contributed by atoms with Crippen LogP contribution in [0.25, 0.3) is 0 Å². The van der Waals surface area contributed by atoms with Crippen LogP contribution in [0.5, 0.6) is 0 Å². The molecule has 0 aromatic rings. The minimum atomic E-state index is 0.582. The van der Waals surface area contributed by atoms with Gasteiger partial charge in [0.05, 0.1) is 0 Å². The molecule has 1 heteroatoms. The molecule has 0 aromatic heterocycles. The summed E-state index contributed by atoms with van der Waals surface area (Å²) in [6.45, 7) is 17.5. The van der Waals surface area contributed by atoms with Crippen LogP contribution in [0, 0.1) is 5.92 Å². The summed E-state index contributed by atoms with van der Waals surface area (Å²) in [5.41, 5.74) is 5.55. The van der Waals surface area contributed by atoms with Gasteiger partial charge in [0.25, 0.3) is 0 Å². The topological polar surface area (TPSA) is 3.24 Å². The monoisotopic (exact) mass is 275 g/mol. The molecule has 0 aliphatic heterocycles. The SMILES string of the molecule is CCN(C)C/C(C)=C/C=C\C(C)=C\C(=C(C)C)C(C)C. The van der Waals surface area contributed by atoms with Crippen LogP contribution in [0.2, 0.25) is 0 Å². The minimum absolute atomic E-state index is 0.582. The molecular weight excluding hydrogens is 242 g/mol. The first-order valence-electron chi connectivity index (χ1n) is 7.66. The molecular formula is C19H33N. The Balaban J connectivity index is 4.75. The standard InChI is InChI=1S/C19H33N/c1-9-20(8)14-18(7)12-10-11-17(6)13-19(15(2)3)16(4)5/h10-13,15H,9,14H2,1-8H3/b11-10-,17-13+,18-12+. The molecule has 0 saturated heterocycles. The van der Waals surface area contributed by atoms with Crippen molar-refractivity contribution in [1.82, 2.24) is 4.90 Å². The Kier molecular flexibility index (Phi) is 9.24. The van der Waals surface area contributed by atoms with Crippen LogP contribution in [0.15, 0.2) is 46.6 Å². The maximum atomic E-state index is 2.31. The Labute approximate surface area is 126 Å². The molecule has 0 aliphatic rings. The van der Waals surface area contributed by atoms with Crippen molar-refractivity contribution in [2.45, 2.75) is 48.5 Å². The van der Waals surface area contributed by atoms with Crippen LogP contribution in [-0.2, 0) is 0 Å². The third kappa shape index (κ3) is 8.16. The quantitative estimate of drug-likeness (QED) is 0.564. The maximum Gasteiger partial charge on any atom is 0.0190 e. The molecule has 0 rings (SSSR count). The molecule has 0 saturated carbocycles. The van der Waals surface area contributed by atoms with Crippen molar-refractivity contribution >= 4 is 0 Å². The molecule has 0 atom stereocenters. The van der Waals surface area contributed by atoms with Gasteiger partial charge in [0, 0.05) is 6.54 Å². The van der Waals surface area contributed by atoms with Crippen LogP contribution in [0.4, 0.5) is 0 Å². The fourth-order valence-corrected chi connectivity index (χ4v) is 2.14. The van der Waals surface area contributed by atoms with Gasteiger partial charge in [-0.3, -0.25) is 0 Å². The summed E-state index contributed by atoms with van der Waals surface area (Å²) >= 11 is 0. The highest BCUT2D eigenvalue weighted by Crippen LogP contribution is 2.18. The van der Waals surface area contributed by atoms with E-state index in [0.717, 1.165) is 13.1 Å². The second-order valence-electron chi connectivity index (χ2n) is 6.20. The van der Waals surface area contributed by atoms with Gasteiger partial charge in [-0.2, -0.15) is 0 Å². The number of rotatable bonds is 7. The van der Waals surface area contributed by atoms with Gasteiger partial charge in [-0.15, -0.1) is 0 Å². The van der Waals surface area contributed by atoms with E-state index in [4.69, 9.17) is 0 Å². The Morgan fingerprint density at radius 2 is 1.70 bits per heavy atom. The molecule has 0 fully saturated rings. The van der Waals surface area contributed by atoms with E-state index in [9.17, 15) is 0 Å². The van der Waals surface area contributed by atoms with E-state index < -0.39 is 0 Å². The van der Waals surface area contributed by atoms with E-state index in [1.54, 1.807) is 0 Å². The lowest BCUT2D eigenvalue weighted by atomic mass is 9.96. The van der Waals surface area contributed by atoms with Gasteiger partial charge in [0.1, 0.15) is 0 Å². The number of hydrogen-bond acceptors (Lipinski definition) is 1. The second-order valence-corrected chi connectivity index (χ2v) is 6.20. The highest BCUT2D eigenvalue weighted by molar-refractivity contribution is 5.33. The zero-order valence-corrected chi connectivity index (χ0v) is 14.7. The van der Waals surface area contributed by atoms with Crippen molar-refractivity contribution in [3.63, 3.8) is 0 Å². The third-order valence-electron chi connectivity index (χ3n) is 3.38. The zero-order valence-electron chi connectivity index (χ0n) is 14.7. The van der Waals surface area contributed by atoms with Gasteiger partial charge >= 0.3 is 0 Å². The Bertz CT molecular complexity index is 401. The molecule has 0 heterocycles. The third-order valence-corrected chi connectivity index (χ3v) is 3.38. The number of hydrogen-bond donors (Lipinski definition) is 0. The summed E-state index contributed by atoms with van der Waals surface area (Å²) in [4.78, 5) is 2.31. The Hall–Kier alpha value is -1.08. The minimum Gasteiger partial charge on any atom is -0.303 e. The Morgan fingerprint density at radius 1 is 1.10 bits per heavy atom. The summed E-state index contributed by atoms with van der Waals surface area (Å²) in [6, 6.07) is 0. The lowest BCUT2D eigenvalue weighted by molar-refractivity contribution is 0.383. The fourth-order valence-electron chi connectivity index (χ4n) is 2.14. The maximum absolute atomic E-state index is 2.31. The van der Waals surface area contributed by atoms with Crippen LogP contribution >= 0.6 is 0 Å². The lowest BCUT2D eigenvalue weighted by Gasteiger charge is -2.13. The largest absolute Gasteiger partial charge is 0.303 e. The molecule has 1 nitrogen and oxygen atoms in total. The molecule has 0 unspecified atom stereocenters. The predicted molar refractivity (Wildman–Crippen MR) is 93.0 cm³/mol. The van der Waals surface area contributed by atoms with Crippen LogP contribution in [0.1, 0.15) is 48.5 Å². The predicted octanol–water partition coefficient (Wildman–Crippen LogP) is 5.38. The number of nitrogens with zero attached hydrogens (tertiary/aromatic N) is 1. The van der Waals surface area contributed by atoms with Crippen molar-refractivity contribution in [1.29, 1.82) is 0 Å². The summed E-state index contributed by atoms with van der Waals surface area (Å²) in [6.07, 6.45) is 8.87. The van der Waals surface area contributed by atoms with Gasteiger partial charge in [-0.1, -0.05) is 61.8 Å². The van der Waals surface area contributed by atoms with Gasteiger partial charge in [0.2, 0.25) is 0 Å². The van der Waals surface area contributed by atoms with E-state index in [1.807, 2.05) is 0 Å². The van der Waals surface area contributed by atoms with Crippen LogP contribution < -0.4 is 0 Å². The molecule has 0 radical (unpaired) electrons. The van der Waals surface area contributed by atoms with E-state index in [1.165, 1.54) is 22.3 Å². The molecule has 0 amide bonds. The van der Waals surface area contributed by atoms with E-state index in [0.29, 0.717) is 5.92 Å². The second kappa shape index (κ2) is 9.77. The van der Waals surface area contributed by atoms with Gasteiger partial charge in [-0.25, -0.2) is 0 Å². The summed E-state index contributed by atoms with van der Waals surface area (Å²) in [7, 11) is 2.15. The van der Waals surface area contributed by atoms with Crippen molar-refractivity contribution in [3.05, 3.63) is 46.6 Å². The van der Waals surface area contributed by atoms with Crippen LogP contribution in [-0.4, -0.2) is 25.0 Å². The lowest BCUT2D eigenvalue weighted by Crippen LogP contribution is -2.19. The van der Waals surface area contributed by atoms with Gasteiger partial charge in [0.15, 0.2) is 0 Å². The molecule has 0 aliphatic carbocycles. The highest BCUT2D eigenvalue weighted by atomic mass is 15.1. The van der Waals surface area contributed by atoms with Crippen LogP contribution in [0.3, 0.4) is 0 Å². The van der Waals surface area contributed by atoms with Crippen molar-refractivity contribution in [3.8, 4) is 0 Å². The smallest absolute Gasteiger partial charge is 0.0190 e. The summed E-state index contributed by atoms with van der Waals surface area (Å²) in [5.74, 6) is 0.582. The number of likely N-dealkylation sites (N-methyl/N-ethyl adjacent to an activating group) is 1. The fraction of sp³-hybridized carbons (Fsp3) is 0.579. The normalized spacial score (nSPS) is 13.7. The van der Waals surface area contributed by atoms with E-state index in [-0.39, 0.29) is 0 Å². The zero-order chi connectivity index (χ0) is 15.7. The summed E-state index contributed by atoms with van der Waals surface area (Å²) < 4.78 is 0.